The van der Waals surface area contributed by atoms with Gasteiger partial charge in [0.15, 0.2) is 6.61 Å². The molecule has 22 heavy (non-hydrogen) atoms. The van der Waals surface area contributed by atoms with E-state index in [4.69, 9.17) is 9.84 Å². The molecule has 0 radical (unpaired) electrons. The Hall–Kier alpha value is -2.82. The van der Waals surface area contributed by atoms with E-state index >= 15 is 0 Å². The van der Waals surface area contributed by atoms with Crippen LogP contribution in [0.5, 0.6) is 5.75 Å². The lowest BCUT2D eigenvalue weighted by atomic mass is 10.1. The van der Waals surface area contributed by atoms with Gasteiger partial charge in [0.2, 0.25) is 0 Å². The van der Waals surface area contributed by atoms with Crippen LogP contribution in [0.15, 0.2) is 48.5 Å². The number of benzene rings is 2. The average molecular weight is 299 g/mol. The Morgan fingerprint density at radius 2 is 1.77 bits per heavy atom. The van der Waals surface area contributed by atoms with Crippen LogP contribution >= 0.6 is 0 Å². The molecule has 2 aromatic rings. The number of phenolic OH excluding ortho intramolecular Hbond substituents is 1. The van der Waals surface area contributed by atoms with Gasteiger partial charge >= 0.3 is 5.97 Å². The first-order chi connectivity index (χ1) is 10.5. The summed E-state index contributed by atoms with van der Waals surface area (Å²) >= 11 is 0. The second kappa shape index (κ2) is 7.26. The number of hydrogen-bond acceptors (Lipinski definition) is 4. The Morgan fingerprint density at radius 1 is 1.09 bits per heavy atom. The molecule has 0 aliphatic carbocycles. The van der Waals surface area contributed by atoms with Crippen LogP contribution in [-0.2, 0) is 20.7 Å². The maximum Gasteiger partial charge on any atom is 0.310 e. The molecule has 0 aliphatic rings. The van der Waals surface area contributed by atoms with Crippen LogP contribution in [0.2, 0.25) is 0 Å². The third kappa shape index (κ3) is 4.63. The molecule has 0 aliphatic heterocycles. The number of aryl methyl sites for hydroxylation is 1. The van der Waals surface area contributed by atoms with Gasteiger partial charge in [0.05, 0.1) is 6.42 Å². The predicted molar refractivity (Wildman–Crippen MR) is 82.6 cm³/mol. The molecule has 2 rings (SSSR count). The molecule has 0 saturated heterocycles. The van der Waals surface area contributed by atoms with E-state index in [2.05, 4.69) is 5.32 Å². The Balaban J connectivity index is 1.79. The van der Waals surface area contributed by atoms with E-state index in [-0.39, 0.29) is 24.7 Å². The highest BCUT2D eigenvalue weighted by Crippen LogP contribution is 2.13. The van der Waals surface area contributed by atoms with E-state index < -0.39 is 5.97 Å². The molecule has 1 amide bonds. The van der Waals surface area contributed by atoms with Crippen molar-refractivity contribution in [2.75, 3.05) is 11.9 Å². The number of para-hydroxylation sites is 1. The lowest BCUT2D eigenvalue weighted by molar-refractivity contribution is -0.146. The van der Waals surface area contributed by atoms with Crippen molar-refractivity contribution in [2.24, 2.45) is 0 Å². The first-order valence-electron chi connectivity index (χ1n) is 6.83. The first kappa shape index (κ1) is 15.6. The second-order valence-corrected chi connectivity index (χ2v) is 4.87. The third-order valence-corrected chi connectivity index (χ3v) is 3.07. The van der Waals surface area contributed by atoms with Crippen LogP contribution in [-0.4, -0.2) is 23.6 Å². The van der Waals surface area contributed by atoms with E-state index in [1.807, 2.05) is 25.1 Å². The van der Waals surface area contributed by atoms with Gasteiger partial charge in [0, 0.05) is 5.69 Å². The van der Waals surface area contributed by atoms with Gasteiger partial charge in [0.1, 0.15) is 5.75 Å². The van der Waals surface area contributed by atoms with E-state index in [9.17, 15) is 9.59 Å². The minimum atomic E-state index is -0.495. The molecule has 5 heteroatoms. The summed E-state index contributed by atoms with van der Waals surface area (Å²) in [4.78, 5) is 23.4. The van der Waals surface area contributed by atoms with E-state index in [0.29, 0.717) is 11.3 Å². The van der Waals surface area contributed by atoms with Gasteiger partial charge in [0.25, 0.3) is 5.91 Å². The molecule has 114 valence electrons. The summed E-state index contributed by atoms with van der Waals surface area (Å²) < 4.78 is 4.94. The monoisotopic (exact) mass is 299 g/mol. The largest absolute Gasteiger partial charge is 0.508 e. The number of aromatic hydroxyl groups is 1. The van der Waals surface area contributed by atoms with Gasteiger partial charge in [-0.3, -0.25) is 9.59 Å². The standard InChI is InChI=1S/C17H17NO4/c1-12-4-2-3-5-15(12)18-16(20)11-22-17(21)10-13-6-8-14(19)9-7-13/h2-9,19H,10-11H2,1H3,(H,18,20). The first-order valence-corrected chi connectivity index (χ1v) is 6.83. The molecule has 0 unspecified atom stereocenters. The van der Waals surface area contributed by atoms with E-state index in [0.717, 1.165) is 5.56 Å². The number of carbonyl (C=O) groups is 2. The van der Waals surface area contributed by atoms with Gasteiger partial charge in [-0.05, 0) is 36.2 Å². The van der Waals surface area contributed by atoms with Gasteiger partial charge < -0.3 is 15.2 Å². The Morgan fingerprint density at radius 3 is 2.45 bits per heavy atom. The second-order valence-electron chi connectivity index (χ2n) is 4.87. The molecular formula is C17H17NO4. The summed E-state index contributed by atoms with van der Waals surface area (Å²) in [5.74, 6) is -0.742. The molecule has 0 bridgehead atoms. The summed E-state index contributed by atoms with van der Waals surface area (Å²) in [6.45, 7) is 1.55. The molecule has 0 aromatic heterocycles. The van der Waals surface area contributed by atoms with E-state index in [1.165, 1.54) is 12.1 Å². The molecule has 5 nitrogen and oxygen atoms in total. The smallest absolute Gasteiger partial charge is 0.310 e. The van der Waals surface area contributed by atoms with Crippen LogP contribution in [0, 0.1) is 6.92 Å². The maximum atomic E-state index is 11.7. The average Bonchev–Trinajstić information content (AvgIpc) is 2.50. The van der Waals surface area contributed by atoms with Gasteiger partial charge in [-0.25, -0.2) is 0 Å². The van der Waals surface area contributed by atoms with Crippen molar-refractivity contribution in [1.82, 2.24) is 0 Å². The molecule has 0 heterocycles. The molecule has 0 atom stereocenters. The van der Waals surface area contributed by atoms with Crippen LogP contribution < -0.4 is 5.32 Å². The van der Waals surface area contributed by atoms with Crippen LogP contribution in [0.1, 0.15) is 11.1 Å². The minimum absolute atomic E-state index is 0.0535. The molecule has 0 saturated carbocycles. The topological polar surface area (TPSA) is 75.6 Å². The van der Waals surface area contributed by atoms with Crippen LogP contribution in [0.25, 0.3) is 0 Å². The number of ether oxygens (including phenoxy) is 1. The molecule has 0 fully saturated rings. The molecule has 0 spiro atoms. The number of hydrogen-bond donors (Lipinski definition) is 2. The lowest BCUT2D eigenvalue weighted by Gasteiger charge is -2.08. The molecule has 2 N–H and O–H groups in total. The van der Waals surface area contributed by atoms with Crippen LogP contribution in [0.3, 0.4) is 0 Å². The van der Waals surface area contributed by atoms with Crippen molar-refractivity contribution in [3.63, 3.8) is 0 Å². The van der Waals surface area contributed by atoms with Crippen molar-refractivity contribution < 1.29 is 19.4 Å². The fourth-order valence-corrected chi connectivity index (χ4v) is 1.88. The number of nitrogens with one attached hydrogen (secondary N) is 1. The highest BCUT2D eigenvalue weighted by molar-refractivity contribution is 5.93. The van der Waals surface area contributed by atoms with Gasteiger partial charge in [-0.1, -0.05) is 30.3 Å². The number of anilines is 1. The van der Waals surface area contributed by atoms with Crippen molar-refractivity contribution >= 4 is 17.6 Å². The zero-order chi connectivity index (χ0) is 15.9. The van der Waals surface area contributed by atoms with Crippen molar-refractivity contribution in [1.29, 1.82) is 0 Å². The zero-order valence-electron chi connectivity index (χ0n) is 12.2. The minimum Gasteiger partial charge on any atom is -0.508 e. The third-order valence-electron chi connectivity index (χ3n) is 3.07. The highest BCUT2D eigenvalue weighted by atomic mass is 16.5. The number of amides is 1. The Kier molecular flexibility index (Phi) is 5.14. The zero-order valence-corrected chi connectivity index (χ0v) is 12.2. The molecule has 2 aromatic carbocycles. The summed E-state index contributed by atoms with van der Waals surface area (Å²) in [6.07, 6.45) is 0.0535. The van der Waals surface area contributed by atoms with Crippen LogP contribution in [0.4, 0.5) is 5.69 Å². The summed E-state index contributed by atoms with van der Waals surface area (Å²) in [5, 5.41) is 11.8. The van der Waals surface area contributed by atoms with Crippen molar-refractivity contribution in [3.05, 3.63) is 59.7 Å². The summed E-state index contributed by atoms with van der Waals surface area (Å²) in [5.41, 5.74) is 2.34. The number of esters is 1. The number of carbonyl (C=O) groups excluding carboxylic acids is 2. The number of rotatable bonds is 5. The lowest BCUT2D eigenvalue weighted by Crippen LogP contribution is -2.22. The van der Waals surface area contributed by atoms with Gasteiger partial charge in [-0.2, -0.15) is 0 Å². The Bertz CT molecular complexity index is 665. The van der Waals surface area contributed by atoms with Gasteiger partial charge in [-0.15, -0.1) is 0 Å². The van der Waals surface area contributed by atoms with Crippen molar-refractivity contribution in [2.45, 2.75) is 13.3 Å². The summed E-state index contributed by atoms with van der Waals surface area (Å²) in [6, 6.07) is 13.6. The number of phenols is 1. The fourth-order valence-electron chi connectivity index (χ4n) is 1.88. The fraction of sp³-hybridized carbons (Fsp3) is 0.176. The normalized spacial score (nSPS) is 10.0. The van der Waals surface area contributed by atoms with E-state index in [1.54, 1.807) is 18.2 Å². The summed E-state index contributed by atoms with van der Waals surface area (Å²) in [7, 11) is 0. The Labute approximate surface area is 128 Å². The predicted octanol–water partition coefficient (Wildman–Crippen LogP) is 2.43. The molecular weight excluding hydrogens is 282 g/mol. The quantitative estimate of drug-likeness (QED) is 0.831. The highest BCUT2D eigenvalue weighted by Gasteiger charge is 2.09. The maximum absolute atomic E-state index is 11.7. The SMILES string of the molecule is Cc1ccccc1NC(=O)COC(=O)Cc1ccc(O)cc1. The van der Waals surface area contributed by atoms with Crippen molar-refractivity contribution in [3.8, 4) is 5.75 Å².